The number of ether oxygens (including phenoxy) is 2. The van der Waals surface area contributed by atoms with Crippen LogP contribution in [0.25, 0.3) is 16.0 Å². The van der Waals surface area contributed by atoms with Gasteiger partial charge in [0.2, 0.25) is 0 Å². The molecule has 1 aliphatic rings. The first-order valence-corrected chi connectivity index (χ1v) is 13.6. The molecule has 2 heterocycles. The molecule has 0 spiro atoms. The number of fused-ring (bicyclic) bond motifs is 1. The van der Waals surface area contributed by atoms with E-state index in [1.54, 1.807) is 48.5 Å². The van der Waals surface area contributed by atoms with Crippen LogP contribution in [0.4, 0.5) is 5.13 Å². The highest BCUT2D eigenvalue weighted by Crippen LogP contribution is 2.45. The van der Waals surface area contributed by atoms with Crippen molar-refractivity contribution >= 4 is 44.1 Å². The lowest BCUT2D eigenvalue weighted by Gasteiger charge is -2.23. The Morgan fingerprint density at radius 3 is 2.35 bits per heavy atom. The van der Waals surface area contributed by atoms with E-state index in [-0.39, 0.29) is 11.3 Å². The van der Waals surface area contributed by atoms with Crippen LogP contribution in [-0.4, -0.2) is 28.4 Å². The molecule has 1 aliphatic heterocycles. The number of aliphatic hydroxyl groups excluding tert-OH is 1. The second kappa shape index (κ2) is 10.7. The second-order valence-corrected chi connectivity index (χ2v) is 10.1. The number of aliphatic hydroxyl groups is 1. The first-order chi connectivity index (χ1) is 19.5. The van der Waals surface area contributed by atoms with Gasteiger partial charge in [0, 0.05) is 5.56 Å². The third-order valence-electron chi connectivity index (χ3n) is 6.51. The first-order valence-electron chi connectivity index (χ1n) is 12.8. The van der Waals surface area contributed by atoms with Crippen LogP contribution in [0.15, 0.2) is 109 Å². The van der Waals surface area contributed by atoms with Crippen LogP contribution in [0.5, 0.6) is 17.2 Å². The summed E-state index contributed by atoms with van der Waals surface area (Å²) in [7, 11) is 0. The fraction of sp³-hybridized carbons (Fsp3) is 0.0938. The largest absolute Gasteiger partial charge is 0.507 e. The molecule has 1 atom stereocenters. The molecular formula is C32H24N2O5S. The summed E-state index contributed by atoms with van der Waals surface area (Å²) in [5.74, 6) is 0.0732. The normalized spacial score (nSPS) is 16.4. The summed E-state index contributed by atoms with van der Waals surface area (Å²) in [5.41, 5.74) is 1.70. The van der Waals surface area contributed by atoms with Crippen LogP contribution in [0.2, 0.25) is 0 Å². The monoisotopic (exact) mass is 548 g/mol. The number of carbonyl (C=O) groups excluding carboxylic acids is 2. The summed E-state index contributed by atoms with van der Waals surface area (Å²) in [6.45, 7) is 2.43. The predicted molar refractivity (Wildman–Crippen MR) is 155 cm³/mol. The lowest BCUT2D eigenvalue weighted by atomic mass is 9.95. The highest BCUT2D eigenvalue weighted by atomic mass is 32.1. The van der Waals surface area contributed by atoms with Crippen molar-refractivity contribution in [2.24, 2.45) is 0 Å². The summed E-state index contributed by atoms with van der Waals surface area (Å²) in [6, 6.07) is 29.8. The minimum Gasteiger partial charge on any atom is -0.507 e. The number of ketones is 1. The van der Waals surface area contributed by atoms with E-state index in [0.717, 1.165) is 4.70 Å². The average Bonchev–Trinajstić information content (AvgIpc) is 3.51. The summed E-state index contributed by atoms with van der Waals surface area (Å²) in [6.07, 6.45) is 0. The lowest BCUT2D eigenvalue weighted by molar-refractivity contribution is -0.132. The van der Waals surface area contributed by atoms with Gasteiger partial charge in [-0.3, -0.25) is 14.5 Å². The molecule has 4 aromatic carbocycles. The molecule has 1 amide bonds. The van der Waals surface area contributed by atoms with Crippen LogP contribution in [0.3, 0.4) is 0 Å². The number of hydrogen-bond donors (Lipinski definition) is 1. The first kappa shape index (κ1) is 25.3. The fourth-order valence-corrected chi connectivity index (χ4v) is 5.74. The number of anilines is 1. The van der Waals surface area contributed by atoms with Crippen molar-refractivity contribution in [2.45, 2.75) is 13.0 Å². The molecule has 0 aliphatic carbocycles. The molecule has 0 bridgehead atoms. The van der Waals surface area contributed by atoms with Gasteiger partial charge in [0.1, 0.15) is 23.0 Å². The fourth-order valence-electron chi connectivity index (χ4n) is 4.72. The van der Waals surface area contributed by atoms with Gasteiger partial charge in [-0.15, -0.1) is 0 Å². The molecule has 1 N–H and O–H groups in total. The Hall–Kier alpha value is -4.95. The number of para-hydroxylation sites is 1. The zero-order valence-electron chi connectivity index (χ0n) is 21.5. The van der Waals surface area contributed by atoms with Crippen molar-refractivity contribution in [1.82, 2.24) is 4.98 Å². The highest BCUT2D eigenvalue weighted by Gasteiger charge is 2.48. The maximum atomic E-state index is 13.6. The van der Waals surface area contributed by atoms with E-state index in [0.29, 0.717) is 45.6 Å². The molecule has 1 saturated heterocycles. The maximum absolute atomic E-state index is 13.6. The van der Waals surface area contributed by atoms with E-state index >= 15 is 0 Å². The Morgan fingerprint density at radius 2 is 1.60 bits per heavy atom. The van der Waals surface area contributed by atoms with Crippen LogP contribution in [-0.2, 0) is 9.59 Å². The van der Waals surface area contributed by atoms with Gasteiger partial charge in [0.25, 0.3) is 5.78 Å². The Balaban J connectivity index is 1.50. The number of hydrogen-bond acceptors (Lipinski definition) is 7. The molecule has 8 heteroatoms. The predicted octanol–water partition coefficient (Wildman–Crippen LogP) is 7.11. The smallest absolute Gasteiger partial charge is 0.301 e. The Morgan fingerprint density at radius 1 is 0.875 bits per heavy atom. The third-order valence-corrected chi connectivity index (χ3v) is 7.53. The number of Topliss-reactive ketones (excluding diaryl/α,β-unsaturated/α-hetero) is 1. The molecule has 0 radical (unpaired) electrons. The van der Waals surface area contributed by atoms with Crippen molar-refractivity contribution in [3.63, 3.8) is 0 Å². The summed E-state index contributed by atoms with van der Waals surface area (Å²) in [5, 5.41) is 11.7. The number of nitrogens with zero attached hydrogens (tertiary/aromatic N) is 2. The number of aromatic nitrogens is 1. The minimum absolute atomic E-state index is 0.0117. The third kappa shape index (κ3) is 4.69. The van der Waals surface area contributed by atoms with Gasteiger partial charge >= 0.3 is 5.91 Å². The second-order valence-electron chi connectivity index (χ2n) is 9.08. The SMILES string of the molecule is CCOc1ccc2nc(N3C(=O)C(=O)C(=C(O)c4ccccc4)C3c3cccc(Oc4ccccc4)c3)sc2c1. The van der Waals surface area contributed by atoms with E-state index in [1.807, 2.05) is 61.5 Å². The zero-order valence-corrected chi connectivity index (χ0v) is 22.3. The van der Waals surface area contributed by atoms with E-state index in [9.17, 15) is 14.7 Å². The van der Waals surface area contributed by atoms with Gasteiger partial charge in [-0.25, -0.2) is 4.98 Å². The van der Waals surface area contributed by atoms with E-state index < -0.39 is 17.7 Å². The number of thiazole rings is 1. The molecule has 1 aromatic heterocycles. The Kier molecular flexibility index (Phi) is 6.76. The topological polar surface area (TPSA) is 89.0 Å². The summed E-state index contributed by atoms with van der Waals surface area (Å²) in [4.78, 5) is 33.2. The number of rotatable bonds is 7. The quantitative estimate of drug-likeness (QED) is 0.132. The van der Waals surface area contributed by atoms with Crippen LogP contribution in [0, 0.1) is 0 Å². The van der Waals surface area contributed by atoms with Gasteiger partial charge < -0.3 is 14.6 Å². The highest BCUT2D eigenvalue weighted by molar-refractivity contribution is 7.22. The van der Waals surface area contributed by atoms with Gasteiger partial charge in [-0.1, -0.05) is 72.0 Å². The zero-order chi connectivity index (χ0) is 27.6. The standard InChI is InChI=1S/C32H24N2O5S/c1-2-38-23-16-17-25-26(19-23)40-32(33-25)34-28(21-12-9-15-24(18-21)39-22-13-7-4-8-14-22)27(30(36)31(34)37)29(35)20-10-5-3-6-11-20/h3-19,28,35H,2H2,1H3. The maximum Gasteiger partial charge on any atom is 0.301 e. The molecular weight excluding hydrogens is 524 g/mol. The van der Waals surface area contributed by atoms with Gasteiger partial charge in [0.15, 0.2) is 5.13 Å². The summed E-state index contributed by atoms with van der Waals surface area (Å²) >= 11 is 1.28. The van der Waals surface area contributed by atoms with Crippen LogP contribution < -0.4 is 14.4 Å². The number of amides is 1. The van der Waals surface area contributed by atoms with Gasteiger partial charge in [-0.05, 0) is 55.0 Å². The van der Waals surface area contributed by atoms with E-state index in [2.05, 4.69) is 0 Å². The molecule has 0 saturated carbocycles. The Bertz CT molecular complexity index is 1750. The van der Waals surface area contributed by atoms with Crippen LogP contribution in [0.1, 0.15) is 24.1 Å². The van der Waals surface area contributed by atoms with Gasteiger partial charge in [-0.2, -0.15) is 0 Å². The van der Waals surface area contributed by atoms with Crippen molar-refractivity contribution in [3.8, 4) is 17.2 Å². The molecule has 40 heavy (non-hydrogen) atoms. The van der Waals surface area contributed by atoms with Crippen molar-refractivity contribution in [1.29, 1.82) is 0 Å². The van der Waals surface area contributed by atoms with Crippen LogP contribution >= 0.6 is 11.3 Å². The Labute approximate surface area is 234 Å². The van der Waals surface area contributed by atoms with E-state index in [1.165, 1.54) is 16.2 Å². The molecule has 6 rings (SSSR count). The lowest BCUT2D eigenvalue weighted by Crippen LogP contribution is -2.29. The van der Waals surface area contributed by atoms with Crippen molar-refractivity contribution in [2.75, 3.05) is 11.5 Å². The number of benzene rings is 4. The number of carbonyl (C=O) groups is 2. The molecule has 5 aromatic rings. The van der Waals surface area contributed by atoms with Crippen molar-refractivity contribution in [3.05, 3.63) is 120 Å². The van der Waals surface area contributed by atoms with E-state index in [4.69, 9.17) is 14.5 Å². The minimum atomic E-state index is -0.925. The molecule has 1 fully saturated rings. The summed E-state index contributed by atoms with van der Waals surface area (Å²) < 4.78 is 12.5. The van der Waals surface area contributed by atoms with Gasteiger partial charge in [0.05, 0.1) is 28.4 Å². The molecule has 7 nitrogen and oxygen atoms in total. The molecule has 1 unspecified atom stereocenters. The average molecular weight is 549 g/mol. The molecule has 198 valence electrons. The van der Waals surface area contributed by atoms with Crippen molar-refractivity contribution < 1.29 is 24.2 Å².